The Labute approximate surface area is 88.4 Å². The second kappa shape index (κ2) is 4.25. The summed E-state index contributed by atoms with van der Waals surface area (Å²) in [5, 5.41) is 8.87. The van der Waals surface area contributed by atoms with E-state index in [-0.39, 0.29) is 17.3 Å². The van der Waals surface area contributed by atoms with E-state index in [1.165, 1.54) is 0 Å². The number of nitrogens with zero attached hydrogens (tertiary/aromatic N) is 2. The van der Waals surface area contributed by atoms with E-state index in [2.05, 4.69) is 9.97 Å². The van der Waals surface area contributed by atoms with Gasteiger partial charge in [-0.3, -0.25) is 0 Å². The lowest BCUT2D eigenvalue weighted by atomic mass is 10.1. The van der Waals surface area contributed by atoms with Gasteiger partial charge < -0.3 is 10.8 Å². The minimum Gasteiger partial charge on any atom is -0.477 e. The van der Waals surface area contributed by atoms with Gasteiger partial charge in [0, 0.05) is 5.92 Å². The molecule has 0 saturated heterocycles. The van der Waals surface area contributed by atoms with Crippen molar-refractivity contribution in [3.8, 4) is 0 Å². The Hall–Kier alpha value is -1.65. The van der Waals surface area contributed by atoms with E-state index in [1.807, 2.05) is 13.8 Å². The molecule has 0 saturated carbocycles. The maximum Gasteiger partial charge on any atom is 0.341 e. The van der Waals surface area contributed by atoms with Gasteiger partial charge >= 0.3 is 5.97 Å². The average molecular weight is 209 g/mol. The van der Waals surface area contributed by atoms with Crippen LogP contribution in [0.1, 0.15) is 48.1 Å². The molecule has 0 aliphatic heterocycles. The van der Waals surface area contributed by atoms with Crippen LogP contribution < -0.4 is 5.73 Å². The zero-order valence-corrected chi connectivity index (χ0v) is 9.11. The molecule has 0 aromatic carbocycles. The van der Waals surface area contributed by atoms with E-state index in [9.17, 15) is 4.79 Å². The van der Waals surface area contributed by atoms with Crippen LogP contribution in [0.2, 0.25) is 0 Å². The SMILES string of the molecule is CCC(C)c1nc(C)c(C(=O)O)c(N)n1. The molecule has 0 amide bonds. The van der Waals surface area contributed by atoms with E-state index in [1.54, 1.807) is 6.92 Å². The number of hydrogen-bond donors (Lipinski definition) is 2. The molecule has 15 heavy (non-hydrogen) atoms. The Kier molecular flexibility index (Phi) is 3.24. The Balaban J connectivity index is 3.25. The van der Waals surface area contributed by atoms with Crippen LogP contribution in [0.25, 0.3) is 0 Å². The van der Waals surface area contributed by atoms with Crippen molar-refractivity contribution < 1.29 is 9.90 Å². The predicted octanol–water partition coefficient (Wildman–Crippen LogP) is 1.58. The van der Waals surface area contributed by atoms with Crippen molar-refractivity contribution in [1.82, 2.24) is 9.97 Å². The van der Waals surface area contributed by atoms with Gasteiger partial charge in [0.1, 0.15) is 17.2 Å². The summed E-state index contributed by atoms with van der Waals surface area (Å²) in [7, 11) is 0. The first kappa shape index (κ1) is 11.4. The summed E-state index contributed by atoms with van der Waals surface area (Å²) in [5.41, 5.74) is 6.01. The number of carboxylic acid groups (broad SMARTS) is 1. The summed E-state index contributed by atoms with van der Waals surface area (Å²) in [6, 6.07) is 0. The zero-order chi connectivity index (χ0) is 11.6. The first-order valence-electron chi connectivity index (χ1n) is 4.84. The minimum absolute atomic E-state index is 0.00190. The molecule has 82 valence electrons. The van der Waals surface area contributed by atoms with Gasteiger partial charge in [0.2, 0.25) is 0 Å². The van der Waals surface area contributed by atoms with E-state index in [0.717, 1.165) is 6.42 Å². The molecule has 5 nitrogen and oxygen atoms in total. The lowest BCUT2D eigenvalue weighted by Crippen LogP contribution is -2.13. The number of aromatic nitrogens is 2. The van der Waals surface area contributed by atoms with Crippen LogP contribution in [0.15, 0.2) is 0 Å². The fraction of sp³-hybridized carbons (Fsp3) is 0.500. The van der Waals surface area contributed by atoms with E-state index in [4.69, 9.17) is 10.8 Å². The van der Waals surface area contributed by atoms with Crippen molar-refractivity contribution in [1.29, 1.82) is 0 Å². The number of aryl methyl sites for hydroxylation is 1. The van der Waals surface area contributed by atoms with Crippen molar-refractivity contribution in [2.24, 2.45) is 0 Å². The number of hydrogen-bond acceptors (Lipinski definition) is 4. The summed E-state index contributed by atoms with van der Waals surface area (Å²) in [6.07, 6.45) is 0.894. The number of nitrogen functional groups attached to an aromatic ring is 1. The number of nitrogens with two attached hydrogens (primary N) is 1. The first-order valence-corrected chi connectivity index (χ1v) is 4.84. The highest BCUT2D eigenvalue weighted by Crippen LogP contribution is 2.19. The van der Waals surface area contributed by atoms with Crippen LogP contribution in [-0.4, -0.2) is 21.0 Å². The highest BCUT2D eigenvalue weighted by Gasteiger charge is 2.17. The summed E-state index contributed by atoms with van der Waals surface area (Å²) < 4.78 is 0. The molecule has 1 atom stereocenters. The van der Waals surface area contributed by atoms with Crippen molar-refractivity contribution >= 4 is 11.8 Å². The predicted molar refractivity (Wildman–Crippen MR) is 56.8 cm³/mol. The molecule has 1 aromatic heterocycles. The minimum atomic E-state index is -1.08. The van der Waals surface area contributed by atoms with Crippen LogP contribution in [0.3, 0.4) is 0 Å². The topological polar surface area (TPSA) is 89.1 Å². The smallest absolute Gasteiger partial charge is 0.341 e. The van der Waals surface area contributed by atoms with Gasteiger partial charge in [-0.15, -0.1) is 0 Å². The largest absolute Gasteiger partial charge is 0.477 e. The van der Waals surface area contributed by atoms with Crippen LogP contribution in [0, 0.1) is 6.92 Å². The molecule has 0 fully saturated rings. The lowest BCUT2D eigenvalue weighted by Gasteiger charge is -2.10. The molecule has 1 unspecified atom stereocenters. The highest BCUT2D eigenvalue weighted by atomic mass is 16.4. The van der Waals surface area contributed by atoms with Crippen LogP contribution >= 0.6 is 0 Å². The van der Waals surface area contributed by atoms with Gasteiger partial charge in [0.05, 0.1) is 5.69 Å². The van der Waals surface area contributed by atoms with Crippen molar-refractivity contribution in [3.05, 3.63) is 17.1 Å². The standard InChI is InChI=1S/C10H15N3O2/c1-4-5(2)9-12-6(3)7(10(14)15)8(11)13-9/h5H,4H2,1-3H3,(H,14,15)(H2,11,12,13). The monoisotopic (exact) mass is 209 g/mol. The van der Waals surface area contributed by atoms with Crippen LogP contribution in [-0.2, 0) is 0 Å². The summed E-state index contributed by atoms with van der Waals surface area (Å²) in [6.45, 7) is 5.63. The molecule has 0 spiro atoms. The quantitative estimate of drug-likeness (QED) is 0.788. The third-order valence-electron chi connectivity index (χ3n) is 2.40. The van der Waals surface area contributed by atoms with Gasteiger partial charge in [0.25, 0.3) is 0 Å². The van der Waals surface area contributed by atoms with Crippen molar-refractivity contribution in [2.75, 3.05) is 5.73 Å². The number of carbonyl (C=O) groups is 1. The average Bonchev–Trinajstić information content (AvgIpc) is 2.14. The van der Waals surface area contributed by atoms with Crippen molar-refractivity contribution in [3.63, 3.8) is 0 Å². The van der Waals surface area contributed by atoms with Gasteiger partial charge in [-0.1, -0.05) is 13.8 Å². The number of rotatable bonds is 3. The first-order chi connectivity index (χ1) is 6.97. The van der Waals surface area contributed by atoms with Gasteiger partial charge in [-0.2, -0.15) is 0 Å². The second-order valence-electron chi connectivity index (χ2n) is 3.54. The molecule has 0 radical (unpaired) electrons. The molecule has 3 N–H and O–H groups in total. The fourth-order valence-electron chi connectivity index (χ4n) is 1.28. The van der Waals surface area contributed by atoms with E-state index < -0.39 is 5.97 Å². The second-order valence-corrected chi connectivity index (χ2v) is 3.54. The summed E-state index contributed by atoms with van der Waals surface area (Å²) in [5.74, 6) is -0.239. The van der Waals surface area contributed by atoms with Crippen LogP contribution in [0.4, 0.5) is 5.82 Å². The van der Waals surface area contributed by atoms with Gasteiger partial charge in [-0.05, 0) is 13.3 Å². The van der Waals surface area contributed by atoms with Crippen LogP contribution in [0.5, 0.6) is 0 Å². The molecule has 0 aliphatic rings. The molecular formula is C10H15N3O2. The Morgan fingerprint density at radius 2 is 2.13 bits per heavy atom. The molecule has 1 aromatic rings. The Morgan fingerprint density at radius 3 is 2.53 bits per heavy atom. The number of carboxylic acids is 1. The maximum absolute atomic E-state index is 10.8. The van der Waals surface area contributed by atoms with Crippen molar-refractivity contribution in [2.45, 2.75) is 33.1 Å². The van der Waals surface area contributed by atoms with Gasteiger partial charge in [0.15, 0.2) is 0 Å². The normalized spacial score (nSPS) is 12.5. The van der Waals surface area contributed by atoms with Gasteiger partial charge in [-0.25, -0.2) is 14.8 Å². The number of anilines is 1. The summed E-state index contributed by atoms with van der Waals surface area (Å²) >= 11 is 0. The third kappa shape index (κ3) is 2.23. The third-order valence-corrected chi connectivity index (χ3v) is 2.40. The fourth-order valence-corrected chi connectivity index (χ4v) is 1.28. The molecule has 0 bridgehead atoms. The van der Waals surface area contributed by atoms with E-state index >= 15 is 0 Å². The summed E-state index contributed by atoms with van der Waals surface area (Å²) in [4.78, 5) is 19.0. The molecule has 1 heterocycles. The molecular weight excluding hydrogens is 194 g/mol. The molecule has 1 rings (SSSR count). The molecule has 0 aliphatic carbocycles. The number of aromatic carboxylic acids is 1. The zero-order valence-electron chi connectivity index (χ0n) is 9.11. The Morgan fingerprint density at radius 1 is 1.53 bits per heavy atom. The Bertz CT molecular complexity index is 367. The lowest BCUT2D eigenvalue weighted by molar-refractivity contribution is 0.0696. The molecule has 5 heteroatoms. The highest BCUT2D eigenvalue weighted by molar-refractivity contribution is 5.93. The van der Waals surface area contributed by atoms with E-state index in [0.29, 0.717) is 11.5 Å². The maximum atomic E-state index is 10.8.